The van der Waals surface area contributed by atoms with Gasteiger partial charge >= 0.3 is 0 Å². The average molecular weight is 202 g/mol. The number of rotatable bonds is 5. The zero-order valence-electron chi connectivity index (χ0n) is 9.22. The number of fused-ring (bicyclic) bond motifs is 1. The van der Waals surface area contributed by atoms with Gasteiger partial charge in [-0.1, -0.05) is 19.1 Å². The van der Waals surface area contributed by atoms with Crippen LogP contribution in [0.25, 0.3) is 10.9 Å². The Labute approximate surface area is 90.7 Å². The van der Waals surface area contributed by atoms with Crippen LogP contribution >= 0.6 is 0 Å². The van der Waals surface area contributed by atoms with Crippen molar-refractivity contribution in [3.63, 3.8) is 0 Å². The molecular weight excluding hydrogens is 184 g/mol. The van der Waals surface area contributed by atoms with Crippen molar-refractivity contribution in [2.45, 2.75) is 19.8 Å². The molecule has 2 nitrogen and oxygen atoms in total. The van der Waals surface area contributed by atoms with Crippen LogP contribution in [0.4, 0.5) is 0 Å². The van der Waals surface area contributed by atoms with E-state index >= 15 is 0 Å². The predicted molar refractivity (Wildman–Crippen MR) is 65.2 cm³/mol. The molecule has 2 N–H and O–H groups in total. The molecule has 1 aromatic heterocycles. The van der Waals surface area contributed by atoms with Crippen molar-refractivity contribution in [3.05, 3.63) is 36.0 Å². The van der Waals surface area contributed by atoms with Crippen molar-refractivity contribution in [2.24, 2.45) is 0 Å². The summed E-state index contributed by atoms with van der Waals surface area (Å²) in [5.74, 6) is 0. The monoisotopic (exact) mass is 202 g/mol. The largest absolute Gasteiger partial charge is 0.361 e. The molecule has 0 bridgehead atoms. The maximum atomic E-state index is 3.43. The quantitative estimate of drug-likeness (QED) is 0.717. The molecule has 0 radical (unpaired) electrons. The van der Waals surface area contributed by atoms with Crippen molar-refractivity contribution < 1.29 is 0 Å². The SMILES string of the molecule is CCCNCCc1cccc2[nH]ccc12. The van der Waals surface area contributed by atoms with Gasteiger partial charge in [0.25, 0.3) is 0 Å². The van der Waals surface area contributed by atoms with Gasteiger partial charge in [0.1, 0.15) is 0 Å². The van der Waals surface area contributed by atoms with Gasteiger partial charge in [0, 0.05) is 17.1 Å². The number of nitrogens with one attached hydrogen (secondary N) is 2. The second-order valence-electron chi connectivity index (χ2n) is 3.86. The van der Waals surface area contributed by atoms with E-state index < -0.39 is 0 Å². The Morgan fingerprint density at radius 1 is 1.20 bits per heavy atom. The molecule has 15 heavy (non-hydrogen) atoms. The van der Waals surface area contributed by atoms with Crippen molar-refractivity contribution in [3.8, 4) is 0 Å². The fraction of sp³-hybridized carbons (Fsp3) is 0.385. The molecule has 0 saturated carbocycles. The predicted octanol–water partition coefficient (Wildman–Crippen LogP) is 2.71. The molecule has 0 atom stereocenters. The van der Waals surface area contributed by atoms with Crippen molar-refractivity contribution in [1.82, 2.24) is 10.3 Å². The summed E-state index contributed by atoms with van der Waals surface area (Å²) in [5.41, 5.74) is 2.67. The van der Waals surface area contributed by atoms with E-state index in [4.69, 9.17) is 0 Å². The molecule has 2 aromatic rings. The fourth-order valence-electron chi connectivity index (χ4n) is 1.89. The summed E-state index contributed by atoms with van der Waals surface area (Å²) in [5, 5.41) is 4.79. The molecule has 0 aliphatic carbocycles. The normalized spacial score (nSPS) is 11.0. The Morgan fingerprint density at radius 2 is 2.13 bits per heavy atom. The molecule has 1 heterocycles. The summed E-state index contributed by atoms with van der Waals surface area (Å²) in [6, 6.07) is 8.61. The highest BCUT2D eigenvalue weighted by Gasteiger charge is 2.00. The Bertz CT molecular complexity index is 417. The summed E-state index contributed by atoms with van der Waals surface area (Å²) < 4.78 is 0. The molecule has 2 heteroatoms. The third-order valence-corrected chi connectivity index (χ3v) is 2.68. The second kappa shape index (κ2) is 4.99. The highest BCUT2D eigenvalue weighted by Crippen LogP contribution is 2.17. The van der Waals surface area contributed by atoms with Crippen LogP contribution in [-0.4, -0.2) is 18.1 Å². The number of aromatic amines is 1. The molecule has 0 aliphatic heterocycles. The van der Waals surface area contributed by atoms with Crippen LogP contribution in [0.5, 0.6) is 0 Å². The van der Waals surface area contributed by atoms with Crippen LogP contribution < -0.4 is 5.32 Å². The number of H-pyrrole nitrogens is 1. The number of hydrogen-bond donors (Lipinski definition) is 2. The van der Waals surface area contributed by atoms with Crippen LogP contribution in [-0.2, 0) is 6.42 Å². The minimum Gasteiger partial charge on any atom is -0.361 e. The lowest BCUT2D eigenvalue weighted by atomic mass is 10.1. The molecule has 0 spiro atoms. The van der Waals surface area contributed by atoms with Gasteiger partial charge in [-0.2, -0.15) is 0 Å². The van der Waals surface area contributed by atoms with E-state index in [0.717, 1.165) is 19.5 Å². The van der Waals surface area contributed by atoms with E-state index in [1.54, 1.807) is 0 Å². The lowest BCUT2D eigenvalue weighted by molar-refractivity contribution is 0.672. The lowest BCUT2D eigenvalue weighted by Gasteiger charge is -2.04. The van der Waals surface area contributed by atoms with Crippen LogP contribution in [0.2, 0.25) is 0 Å². The topological polar surface area (TPSA) is 27.8 Å². The molecule has 2 rings (SSSR count). The molecule has 0 aliphatic rings. The van der Waals surface area contributed by atoms with Crippen molar-refractivity contribution in [1.29, 1.82) is 0 Å². The third kappa shape index (κ3) is 2.39. The van der Waals surface area contributed by atoms with E-state index in [1.807, 2.05) is 6.20 Å². The van der Waals surface area contributed by atoms with Crippen LogP contribution in [0.3, 0.4) is 0 Å². The van der Waals surface area contributed by atoms with E-state index in [1.165, 1.54) is 22.9 Å². The summed E-state index contributed by atoms with van der Waals surface area (Å²) in [4.78, 5) is 3.24. The number of benzene rings is 1. The zero-order chi connectivity index (χ0) is 10.5. The molecule has 0 unspecified atom stereocenters. The minimum absolute atomic E-state index is 1.07. The highest BCUT2D eigenvalue weighted by atomic mass is 14.8. The first-order valence-electron chi connectivity index (χ1n) is 5.67. The summed E-state index contributed by atoms with van der Waals surface area (Å²) in [7, 11) is 0. The van der Waals surface area contributed by atoms with Gasteiger partial charge in [0.2, 0.25) is 0 Å². The smallest absolute Gasteiger partial charge is 0.0456 e. The van der Waals surface area contributed by atoms with Gasteiger partial charge in [0.05, 0.1) is 0 Å². The number of aromatic nitrogens is 1. The first kappa shape index (κ1) is 10.2. The molecular formula is C13H18N2. The van der Waals surface area contributed by atoms with Gasteiger partial charge in [-0.3, -0.25) is 0 Å². The van der Waals surface area contributed by atoms with Crippen molar-refractivity contribution in [2.75, 3.05) is 13.1 Å². The summed E-state index contributed by atoms with van der Waals surface area (Å²) >= 11 is 0. The zero-order valence-corrected chi connectivity index (χ0v) is 9.22. The third-order valence-electron chi connectivity index (χ3n) is 2.68. The van der Waals surface area contributed by atoms with Gasteiger partial charge in [-0.15, -0.1) is 0 Å². The maximum absolute atomic E-state index is 3.43. The van der Waals surface area contributed by atoms with Crippen LogP contribution in [0.1, 0.15) is 18.9 Å². The van der Waals surface area contributed by atoms with Crippen LogP contribution in [0.15, 0.2) is 30.5 Å². The van der Waals surface area contributed by atoms with E-state index in [2.05, 4.69) is 41.5 Å². The maximum Gasteiger partial charge on any atom is 0.0456 e. The average Bonchev–Trinajstić information content (AvgIpc) is 2.73. The van der Waals surface area contributed by atoms with Gasteiger partial charge in [-0.25, -0.2) is 0 Å². The molecule has 80 valence electrons. The van der Waals surface area contributed by atoms with Crippen LogP contribution in [0, 0.1) is 0 Å². The van der Waals surface area contributed by atoms with E-state index in [0.29, 0.717) is 0 Å². The Morgan fingerprint density at radius 3 is 3.00 bits per heavy atom. The van der Waals surface area contributed by atoms with E-state index in [9.17, 15) is 0 Å². The first-order chi connectivity index (χ1) is 7.42. The molecule has 0 amide bonds. The summed E-state index contributed by atoms with van der Waals surface area (Å²) in [6.45, 7) is 4.38. The lowest BCUT2D eigenvalue weighted by Crippen LogP contribution is -2.17. The Hall–Kier alpha value is -1.28. The minimum atomic E-state index is 1.07. The second-order valence-corrected chi connectivity index (χ2v) is 3.86. The standard InChI is InChI=1S/C13H18N2/c1-2-8-14-9-6-11-4-3-5-13-12(11)7-10-15-13/h3-5,7,10,14-15H,2,6,8-9H2,1H3. The molecule has 0 fully saturated rings. The van der Waals surface area contributed by atoms with Crippen molar-refractivity contribution >= 4 is 10.9 Å². The van der Waals surface area contributed by atoms with Gasteiger partial charge in [0.15, 0.2) is 0 Å². The molecule has 0 saturated heterocycles. The molecule has 1 aromatic carbocycles. The van der Waals surface area contributed by atoms with Gasteiger partial charge in [-0.05, 0) is 43.6 Å². The summed E-state index contributed by atoms with van der Waals surface area (Å²) in [6.07, 6.45) is 4.32. The van der Waals surface area contributed by atoms with Gasteiger partial charge < -0.3 is 10.3 Å². The Kier molecular flexibility index (Phi) is 3.41. The highest BCUT2D eigenvalue weighted by molar-refractivity contribution is 5.82. The number of hydrogen-bond acceptors (Lipinski definition) is 1. The fourth-order valence-corrected chi connectivity index (χ4v) is 1.89. The first-order valence-corrected chi connectivity index (χ1v) is 5.67. The van der Waals surface area contributed by atoms with E-state index in [-0.39, 0.29) is 0 Å². The Balaban J connectivity index is 2.04.